The topological polar surface area (TPSA) is 20.3 Å². The van der Waals surface area contributed by atoms with Crippen LogP contribution in [0.15, 0.2) is 23.3 Å². The Labute approximate surface area is 112 Å². The van der Waals surface area contributed by atoms with E-state index in [1.54, 1.807) is 6.08 Å². The number of hydrogen-bond donors (Lipinski definition) is 0. The summed E-state index contributed by atoms with van der Waals surface area (Å²) in [5, 5.41) is 0. The van der Waals surface area contributed by atoms with Gasteiger partial charge in [0, 0.05) is 19.2 Å². The molecular weight excluding hydrogens is 222 g/mol. The lowest BCUT2D eigenvalue weighted by molar-refractivity contribution is -0.124. The summed E-state index contributed by atoms with van der Waals surface area (Å²) in [6.07, 6.45) is 7.16. The van der Waals surface area contributed by atoms with Crippen molar-refractivity contribution in [3.8, 4) is 0 Å². The van der Waals surface area contributed by atoms with E-state index in [4.69, 9.17) is 0 Å². The number of carbonyl (C=O) groups excluding carboxylic acids is 1. The molecule has 0 aromatic rings. The van der Waals surface area contributed by atoms with Crippen LogP contribution in [0.5, 0.6) is 0 Å². The maximum atomic E-state index is 12.0. The van der Waals surface area contributed by atoms with E-state index in [0.29, 0.717) is 0 Å². The zero-order valence-corrected chi connectivity index (χ0v) is 12.5. The van der Waals surface area contributed by atoms with E-state index >= 15 is 0 Å². The largest absolute Gasteiger partial charge is 0.339 e. The summed E-state index contributed by atoms with van der Waals surface area (Å²) in [5.74, 6) is 0.165. The molecule has 1 heterocycles. The van der Waals surface area contributed by atoms with Gasteiger partial charge in [0.15, 0.2) is 0 Å². The molecule has 0 aliphatic carbocycles. The molecule has 0 N–H and O–H groups in total. The summed E-state index contributed by atoms with van der Waals surface area (Å²) < 4.78 is 0. The van der Waals surface area contributed by atoms with E-state index in [1.807, 2.05) is 11.0 Å². The Bertz CT molecular complexity index is 353. The van der Waals surface area contributed by atoms with E-state index in [9.17, 15) is 4.79 Å². The molecule has 1 aliphatic rings. The van der Waals surface area contributed by atoms with Crippen LogP contribution in [0.3, 0.4) is 0 Å². The summed E-state index contributed by atoms with van der Waals surface area (Å²) in [7, 11) is 0. The maximum absolute atomic E-state index is 12.0. The van der Waals surface area contributed by atoms with Gasteiger partial charge in [-0.25, -0.2) is 0 Å². The van der Waals surface area contributed by atoms with Crippen molar-refractivity contribution in [2.45, 2.75) is 53.9 Å². The number of likely N-dealkylation sites (tertiary alicyclic amines) is 1. The van der Waals surface area contributed by atoms with E-state index in [1.165, 1.54) is 11.1 Å². The van der Waals surface area contributed by atoms with Gasteiger partial charge in [0.05, 0.1) is 0 Å². The zero-order valence-electron chi connectivity index (χ0n) is 12.5. The van der Waals surface area contributed by atoms with E-state index in [0.717, 1.165) is 32.4 Å². The third kappa shape index (κ3) is 3.72. The van der Waals surface area contributed by atoms with Gasteiger partial charge in [0.1, 0.15) is 0 Å². The summed E-state index contributed by atoms with van der Waals surface area (Å²) in [6, 6.07) is 0. The Kier molecular flexibility index (Phi) is 5.18. The molecular formula is C16H27NO. The number of amides is 1. The van der Waals surface area contributed by atoms with Crippen molar-refractivity contribution in [1.29, 1.82) is 0 Å². The lowest BCUT2D eigenvalue weighted by atomic mass is 9.79. The molecule has 2 heteroatoms. The van der Waals surface area contributed by atoms with E-state index in [2.05, 4.69) is 34.6 Å². The van der Waals surface area contributed by atoms with Crippen molar-refractivity contribution in [2.24, 2.45) is 5.41 Å². The molecule has 0 unspecified atom stereocenters. The second-order valence-electron chi connectivity index (χ2n) is 6.02. The predicted molar refractivity (Wildman–Crippen MR) is 77.4 cm³/mol. The highest BCUT2D eigenvalue weighted by atomic mass is 16.2. The summed E-state index contributed by atoms with van der Waals surface area (Å²) in [4.78, 5) is 13.9. The first-order valence-corrected chi connectivity index (χ1v) is 7.03. The highest BCUT2D eigenvalue weighted by Gasteiger charge is 2.21. The molecule has 1 aliphatic heterocycles. The Hall–Kier alpha value is -1.05. The van der Waals surface area contributed by atoms with Gasteiger partial charge in [0.25, 0.3) is 0 Å². The molecule has 0 saturated carbocycles. The van der Waals surface area contributed by atoms with Crippen molar-refractivity contribution in [2.75, 3.05) is 13.1 Å². The Morgan fingerprint density at radius 1 is 1.17 bits per heavy atom. The maximum Gasteiger partial charge on any atom is 0.246 e. The SMILES string of the molecule is CCC(C)(C)C(/C=C/C(=O)N1CCCC1)=C(C)C. The second-order valence-corrected chi connectivity index (χ2v) is 6.02. The van der Waals surface area contributed by atoms with Gasteiger partial charge in [-0.2, -0.15) is 0 Å². The van der Waals surface area contributed by atoms with Gasteiger partial charge in [-0.05, 0) is 44.1 Å². The minimum Gasteiger partial charge on any atom is -0.339 e. The van der Waals surface area contributed by atoms with Gasteiger partial charge < -0.3 is 4.90 Å². The van der Waals surface area contributed by atoms with Crippen molar-refractivity contribution < 1.29 is 4.79 Å². The van der Waals surface area contributed by atoms with Crippen LogP contribution in [-0.2, 0) is 4.79 Å². The Morgan fingerprint density at radius 2 is 1.72 bits per heavy atom. The van der Waals surface area contributed by atoms with Crippen LogP contribution in [-0.4, -0.2) is 23.9 Å². The summed E-state index contributed by atoms with van der Waals surface area (Å²) >= 11 is 0. The second kappa shape index (κ2) is 6.21. The van der Waals surface area contributed by atoms with Crippen LogP contribution in [0, 0.1) is 5.41 Å². The molecule has 0 radical (unpaired) electrons. The fourth-order valence-corrected chi connectivity index (χ4v) is 2.46. The van der Waals surface area contributed by atoms with Crippen molar-refractivity contribution in [3.63, 3.8) is 0 Å². The van der Waals surface area contributed by atoms with Crippen LogP contribution in [0.25, 0.3) is 0 Å². The quantitative estimate of drug-likeness (QED) is 0.546. The molecule has 1 amide bonds. The highest BCUT2D eigenvalue weighted by Crippen LogP contribution is 2.33. The average Bonchev–Trinajstić information content (AvgIpc) is 2.81. The van der Waals surface area contributed by atoms with Crippen molar-refractivity contribution in [3.05, 3.63) is 23.3 Å². The molecule has 102 valence electrons. The van der Waals surface area contributed by atoms with Crippen LogP contribution in [0.1, 0.15) is 53.9 Å². The van der Waals surface area contributed by atoms with Crippen LogP contribution >= 0.6 is 0 Å². The smallest absolute Gasteiger partial charge is 0.246 e. The normalized spacial score (nSPS) is 16.4. The molecule has 0 aromatic heterocycles. The number of rotatable bonds is 4. The Balaban J connectivity index is 2.79. The third-order valence-electron chi connectivity index (χ3n) is 3.96. The zero-order chi connectivity index (χ0) is 13.8. The molecule has 1 saturated heterocycles. The number of nitrogens with zero attached hydrogens (tertiary/aromatic N) is 1. The fraction of sp³-hybridized carbons (Fsp3) is 0.688. The molecule has 1 rings (SSSR count). The molecule has 0 aromatic carbocycles. The molecule has 1 fully saturated rings. The van der Waals surface area contributed by atoms with E-state index in [-0.39, 0.29) is 11.3 Å². The minimum atomic E-state index is 0.140. The summed E-state index contributed by atoms with van der Waals surface area (Å²) in [5.41, 5.74) is 2.73. The van der Waals surface area contributed by atoms with Crippen molar-refractivity contribution in [1.82, 2.24) is 4.90 Å². The molecule has 2 nitrogen and oxygen atoms in total. The third-order valence-corrected chi connectivity index (χ3v) is 3.96. The van der Waals surface area contributed by atoms with Crippen molar-refractivity contribution >= 4 is 5.91 Å². The average molecular weight is 249 g/mol. The van der Waals surface area contributed by atoms with Gasteiger partial charge in [0.2, 0.25) is 5.91 Å². The number of allylic oxidation sites excluding steroid dienone is 3. The molecule has 0 bridgehead atoms. The van der Waals surface area contributed by atoms with Gasteiger partial charge in [-0.1, -0.05) is 32.4 Å². The Morgan fingerprint density at radius 3 is 2.17 bits per heavy atom. The van der Waals surface area contributed by atoms with E-state index < -0.39 is 0 Å². The van der Waals surface area contributed by atoms with Gasteiger partial charge in [-0.3, -0.25) is 4.79 Å². The molecule has 0 atom stereocenters. The van der Waals surface area contributed by atoms with Gasteiger partial charge >= 0.3 is 0 Å². The standard InChI is InChI=1S/C16H27NO/c1-6-16(4,5)14(13(2)3)9-10-15(18)17-11-7-8-12-17/h9-10H,6-8,11-12H2,1-5H3/b10-9+. The number of hydrogen-bond acceptors (Lipinski definition) is 1. The molecule has 18 heavy (non-hydrogen) atoms. The number of carbonyl (C=O) groups is 1. The lowest BCUT2D eigenvalue weighted by Crippen LogP contribution is -2.25. The monoisotopic (exact) mass is 249 g/mol. The minimum absolute atomic E-state index is 0.140. The van der Waals surface area contributed by atoms with Crippen LogP contribution in [0.2, 0.25) is 0 Å². The van der Waals surface area contributed by atoms with Crippen LogP contribution in [0.4, 0.5) is 0 Å². The fourth-order valence-electron chi connectivity index (χ4n) is 2.46. The summed E-state index contributed by atoms with van der Waals surface area (Å²) in [6.45, 7) is 12.8. The first-order valence-electron chi connectivity index (χ1n) is 7.03. The first-order chi connectivity index (χ1) is 8.38. The van der Waals surface area contributed by atoms with Gasteiger partial charge in [-0.15, -0.1) is 0 Å². The molecule has 0 spiro atoms. The first kappa shape index (κ1) is 15.0. The highest BCUT2D eigenvalue weighted by molar-refractivity contribution is 5.88. The predicted octanol–water partition coefficient (Wildman–Crippen LogP) is 3.94. The van der Waals surface area contributed by atoms with Crippen LogP contribution < -0.4 is 0 Å². The lowest BCUT2D eigenvalue weighted by Gasteiger charge is -2.26.